The lowest BCUT2D eigenvalue weighted by molar-refractivity contribution is -0.119. The molecule has 1 N–H and O–H groups in total. The first-order chi connectivity index (χ1) is 12.9. The molecule has 2 aromatic carbocycles. The number of hydrogen-bond donors (Lipinski definition) is 1. The van der Waals surface area contributed by atoms with Crippen molar-refractivity contribution in [1.29, 1.82) is 0 Å². The molecule has 0 spiro atoms. The van der Waals surface area contributed by atoms with Crippen molar-refractivity contribution in [2.45, 2.75) is 32.1 Å². The van der Waals surface area contributed by atoms with Gasteiger partial charge in [0.1, 0.15) is 5.75 Å². The van der Waals surface area contributed by atoms with Crippen LogP contribution in [0.1, 0.15) is 37.4 Å². The molecule has 6 heteroatoms. The van der Waals surface area contributed by atoms with Gasteiger partial charge in [-0.25, -0.2) is 0 Å². The van der Waals surface area contributed by atoms with Crippen LogP contribution in [-0.2, 0) is 10.5 Å². The predicted octanol–water partition coefficient (Wildman–Crippen LogP) is 6.14. The Hall–Kier alpha value is -1.36. The first-order valence-corrected chi connectivity index (χ1v) is 10.7. The van der Waals surface area contributed by atoms with E-state index in [0.29, 0.717) is 27.5 Å². The molecule has 0 aromatic heterocycles. The Morgan fingerprint density at radius 3 is 2.41 bits per heavy atom. The van der Waals surface area contributed by atoms with Crippen LogP contribution in [0.25, 0.3) is 0 Å². The van der Waals surface area contributed by atoms with E-state index >= 15 is 0 Å². The lowest BCUT2D eigenvalue weighted by atomic mass is 9.97. The average molecular weight is 426 g/mol. The molecule has 1 amide bonds. The van der Waals surface area contributed by atoms with Crippen LogP contribution in [0.15, 0.2) is 42.5 Å². The van der Waals surface area contributed by atoms with E-state index in [2.05, 4.69) is 19.2 Å². The van der Waals surface area contributed by atoms with Crippen LogP contribution in [-0.4, -0.2) is 18.8 Å². The summed E-state index contributed by atoms with van der Waals surface area (Å²) < 4.78 is 5.21. The third-order valence-electron chi connectivity index (χ3n) is 4.05. The van der Waals surface area contributed by atoms with Crippen LogP contribution in [0.3, 0.4) is 0 Å². The summed E-state index contributed by atoms with van der Waals surface area (Å²) in [5.41, 5.74) is 2.14. The molecule has 0 fully saturated rings. The number of nitrogens with one attached hydrogen (secondary N) is 1. The fourth-order valence-corrected chi connectivity index (χ4v) is 3.82. The van der Waals surface area contributed by atoms with E-state index in [-0.39, 0.29) is 11.9 Å². The number of hydrogen-bond acceptors (Lipinski definition) is 3. The minimum atomic E-state index is -0.00557. The minimum Gasteiger partial charge on any atom is -0.497 e. The fraction of sp³-hybridized carbons (Fsp3) is 0.381. The highest BCUT2D eigenvalue weighted by molar-refractivity contribution is 7.99. The molecule has 0 bridgehead atoms. The number of rotatable bonds is 9. The summed E-state index contributed by atoms with van der Waals surface area (Å²) in [6.45, 7) is 4.31. The standard InChI is InChI=1S/C21H25Cl2NO2S/c1-14(2)10-20(16-5-7-17(26-3)8-6-16)24-21(25)13-27-12-15-4-9-18(22)19(23)11-15/h4-9,11,14,20H,10,12-13H2,1-3H3,(H,24,25)/t20-/m1/s1. The molecule has 2 aromatic rings. The Morgan fingerprint density at radius 2 is 1.81 bits per heavy atom. The second-order valence-electron chi connectivity index (χ2n) is 6.76. The lowest BCUT2D eigenvalue weighted by Crippen LogP contribution is -2.30. The molecule has 0 unspecified atom stereocenters. The van der Waals surface area contributed by atoms with Crippen LogP contribution in [0.2, 0.25) is 10.0 Å². The van der Waals surface area contributed by atoms with Crippen molar-refractivity contribution in [3.63, 3.8) is 0 Å². The number of methoxy groups -OCH3 is 1. The van der Waals surface area contributed by atoms with Gasteiger partial charge in [-0.15, -0.1) is 11.8 Å². The van der Waals surface area contributed by atoms with Gasteiger partial charge in [0.05, 0.1) is 28.9 Å². The number of carbonyl (C=O) groups is 1. The third-order valence-corrected chi connectivity index (χ3v) is 5.79. The first-order valence-electron chi connectivity index (χ1n) is 8.84. The summed E-state index contributed by atoms with van der Waals surface area (Å²) in [5, 5.41) is 4.24. The van der Waals surface area contributed by atoms with Gasteiger partial charge in [-0.1, -0.05) is 55.2 Å². The van der Waals surface area contributed by atoms with E-state index in [1.165, 1.54) is 0 Å². The maximum Gasteiger partial charge on any atom is 0.230 e. The molecule has 146 valence electrons. The molecule has 0 saturated carbocycles. The number of ether oxygens (including phenoxy) is 1. The molecule has 0 aliphatic carbocycles. The second-order valence-corrected chi connectivity index (χ2v) is 8.56. The molecule has 1 atom stereocenters. The SMILES string of the molecule is COc1ccc([C@@H](CC(C)C)NC(=O)CSCc2ccc(Cl)c(Cl)c2)cc1. The van der Waals surface area contributed by atoms with E-state index in [0.717, 1.165) is 23.3 Å². The summed E-state index contributed by atoms with van der Waals surface area (Å²) in [4.78, 5) is 12.4. The molecule has 3 nitrogen and oxygen atoms in total. The zero-order chi connectivity index (χ0) is 19.8. The monoisotopic (exact) mass is 425 g/mol. The first kappa shape index (κ1) is 21.9. The highest BCUT2D eigenvalue weighted by Gasteiger charge is 2.16. The number of halogens is 2. The van der Waals surface area contributed by atoms with Crippen LogP contribution >= 0.6 is 35.0 Å². The summed E-state index contributed by atoms with van der Waals surface area (Å²) in [7, 11) is 1.65. The Bertz CT molecular complexity index is 750. The molecule has 0 saturated heterocycles. The van der Waals surface area contributed by atoms with Gasteiger partial charge < -0.3 is 10.1 Å². The fourth-order valence-electron chi connectivity index (χ4n) is 2.71. The summed E-state index contributed by atoms with van der Waals surface area (Å²) >= 11 is 13.5. The van der Waals surface area contributed by atoms with E-state index in [1.54, 1.807) is 24.9 Å². The molecule has 0 radical (unpaired) electrons. The van der Waals surface area contributed by atoms with Gasteiger partial charge in [0.25, 0.3) is 0 Å². The van der Waals surface area contributed by atoms with E-state index in [9.17, 15) is 4.79 Å². The molecule has 0 aliphatic heterocycles. The third kappa shape index (κ3) is 7.28. The maximum atomic E-state index is 12.4. The van der Waals surface area contributed by atoms with Gasteiger partial charge in [-0.05, 0) is 47.7 Å². The summed E-state index contributed by atoms with van der Waals surface area (Å²) in [6.07, 6.45) is 0.884. The van der Waals surface area contributed by atoms with Crippen LogP contribution < -0.4 is 10.1 Å². The van der Waals surface area contributed by atoms with Gasteiger partial charge in [0.2, 0.25) is 5.91 Å². The number of thioether (sulfide) groups is 1. The Kier molecular flexibility index (Phi) is 8.81. The van der Waals surface area contributed by atoms with Crippen LogP contribution in [0, 0.1) is 5.92 Å². The van der Waals surface area contributed by atoms with Crippen molar-refractivity contribution in [3.05, 3.63) is 63.6 Å². The van der Waals surface area contributed by atoms with Crippen molar-refractivity contribution in [3.8, 4) is 5.75 Å². The topological polar surface area (TPSA) is 38.3 Å². The van der Waals surface area contributed by atoms with Crippen LogP contribution in [0.4, 0.5) is 0 Å². The van der Waals surface area contributed by atoms with Crippen molar-refractivity contribution in [2.75, 3.05) is 12.9 Å². The van der Waals surface area contributed by atoms with Crippen molar-refractivity contribution in [2.24, 2.45) is 5.92 Å². The zero-order valence-corrected chi connectivity index (χ0v) is 18.1. The molecule has 0 heterocycles. The molecular weight excluding hydrogens is 401 g/mol. The quantitative estimate of drug-likeness (QED) is 0.524. The van der Waals surface area contributed by atoms with Crippen molar-refractivity contribution >= 4 is 40.9 Å². The number of carbonyl (C=O) groups excluding carboxylic acids is 1. The van der Waals surface area contributed by atoms with Gasteiger partial charge >= 0.3 is 0 Å². The highest BCUT2D eigenvalue weighted by Crippen LogP contribution is 2.26. The summed E-state index contributed by atoms with van der Waals surface area (Å²) in [6, 6.07) is 13.4. The van der Waals surface area contributed by atoms with E-state index < -0.39 is 0 Å². The van der Waals surface area contributed by atoms with Crippen molar-refractivity contribution < 1.29 is 9.53 Å². The lowest BCUT2D eigenvalue weighted by Gasteiger charge is -2.21. The van der Waals surface area contributed by atoms with E-state index in [4.69, 9.17) is 27.9 Å². The Morgan fingerprint density at radius 1 is 1.11 bits per heavy atom. The van der Waals surface area contributed by atoms with Crippen molar-refractivity contribution in [1.82, 2.24) is 5.32 Å². The molecule has 0 aliphatic rings. The summed E-state index contributed by atoms with van der Waals surface area (Å²) in [5.74, 6) is 2.42. The van der Waals surface area contributed by atoms with Crippen LogP contribution in [0.5, 0.6) is 5.75 Å². The number of amides is 1. The second kappa shape index (κ2) is 10.8. The van der Waals surface area contributed by atoms with E-state index in [1.807, 2.05) is 36.4 Å². The highest BCUT2D eigenvalue weighted by atomic mass is 35.5. The largest absolute Gasteiger partial charge is 0.497 e. The zero-order valence-electron chi connectivity index (χ0n) is 15.8. The molecular formula is C21H25Cl2NO2S. The molecule has 27 heavy (non-hydrogen) atoms. The predicted molar refractivity (Wildman–Crippen MR) is 116 cm³/mol. The average Bonchev–Trinajstić information content (AvgIpc) is 2.64. The number of benzene rings is 2. The maximum absolute atomic E-state index is 12.4. The van der Waals surface area contributed by atoms with Gasteiger partial charge in [-0.3, -0.25) is 4.79 Å². The van der Waals surface area contributed by atoms with Gasteiger partial charge in [-0.2, -0.15) is 0 Å². The van der Waals surface area contributed by atoms with Gasteiger partial charge in [0.15, 0.2) is 0 Å². The smallest absolute Gasteiger partial charge is 0.230 e. The molecule has 2 rings (SSSR count). The normalized spacial score (nSPS) is 12.1. The van der Waals surface area contributed by atoms with Gasteiger partial charge in [0, 0.05) is 5.75 Å². The Labute approximate surface area is 175 Å². The minimum absolute atomic E-state index is 0.00557. The Balaban J connectivity index is 1.91.